The lowest BCUT2D eigenvalue weighted by atomic mass is 10.2. The Hall–Kier alpha value is -0.500. The van der Waals surface area contributed by atoms with E-state index in [2.05, 4.69) is 4.98 Å². The van der Waals surface area contributed by atoms with Crippen LogP contribution in [0.5, 0.6) is 0 Å². The number of alkyl halides is 2. The van der Waals surface area contributed by atoms with Gasteiger partial charge in [0, 0.05) is 5.56 Å². The number of hydrogen-bond acceptors (Lipinski definition) is 3. The van der Waals surface area contributed by atoms with Gasteiger partial charge in [0.15, 0.2) is 0 Å². The summed E-state index contributed by atoms with van der Waals surface area (Å²) in [6, 6.07) is 1.18. The molecule has 0 N–H and O–H groups in total. The second-order valence-electron chi connectivity index (χ2n) is 3.09. The van der Waals surface area contributed by atoms with Gasteiger partial charge in [0.1, 0.15) is 5.15 Å². The van der Waals surface area contributed by atoms with E-state index in [4.69, 9.17) is 16.3 Å². The van der Waals surface area contributed by atoms with Crippen LogP contribution in [-0.2, 0) is 16.0 Å². The van der Waals surface area contributed by atoms with Crippen LogP contribution in [0.1, 0.15) is 24.6 Å². The van der Waals surface area contributed by atoms with E-state index in [1.807, 2.05) is 0 Å². The molecule has 1 aromatic rings. The van der Waals surface area contributed by atoms with Crippen molar-refractivity contribution in [3.63, 3.8) is 0 Å². The number of carbonyl (C=O) groups is 1. The van der Waals surface area contributed by atoms with Gasteiger partial charge in [0.2, 0.25) is 0 Å². The number of rotatable bonds is 4. The van der Waals surface area contributed by atoms with Crippen molar-refractivity contribution >= 4 is 40.2 Å². The fraction of sp³-hybridized carbons (Fsp3) is 0.400. The number of esters is 1. The molecule has 0 atom stereocenters. The van der Waals surface area contributed by atoms with E-state index in [9.17, 15) is 13.6 Å². The lowest BCUT2D eigenvalue weighted by Gasteiger charge is -2.08. The highest BCUT2D eigenvalue weighted by atomic mass is 127. The third kappa shape index (κ3) is 4.02. The summed E-state index contributed by atoms with van der Waals surface area (Å²) in [6.07, 6.45) is -2.81. The number of aromatic nitrogens is 1. The van der Waals surface area contributed by atoms with Gasteiger partial charge < -0.3 is 4.74 Å². The Labute approximate surface area is 116 Å². The first-order chi connectivity index (χ1) is 7.95. The van der Waals surface area contributed by atoms with Crippen LogP contribution in [0.4, 0.5) is 8.78 Å². The molecule has 0 aromatic carbocycles. The first-order valence-corrected chi connectivity index (χ1v) is 6.20. The molecule has 0 radical (unpaired) electrons. The first kappa shape index (κ1) is 14.6. The molecule has 0 unspecified atom stereocenters. The molecule has 94 valence electrons. The number of nitrogens with zero attached hydrogens (tertiary/aromatic N) is 1. The van der Waals surface area contributed by atoms with Crippen molar-refractivity contribution in [2.75, 3.05) is 6.61 Å². The van der Waals surface area contributed by atoms with Crippen molar-refractivity contribution in [3.8, 4) is 0 Å². The molecule has 1 aromatic heterocycles. The Morgan fingerprint density at radius 2 is 2.29 bits per heavy atom. The van der Waals surface area contributed by atoms with E-state index < -0.39 is 12.4 Å². The zero-order valence-corrected chi connectivity index (χ0v) is 11.8. The van der Waals surface area contributed by atoms with Gasteiger partial charge >= 0.3 is 5.97 Å². The minimum Gasteiger partial charge on any atom is -0.466 e. The van der Waals surface area contributed by atoms with E-state index in [1.54, 1.807) is 29.5 Å². The van der Waals surface area contributed by atoms with Gasteiger partial charge in [-0.25, -0.2) is 13.8 Å². The lowest BCUT2D eigenvalue weighted by molar-refractivity contribution is -0.142. The molecule has 1 rings (SSSR count). The van der Waals surface area contributed by atoms with Crippen molar-refractivity contribution in [2.24, 2.45) is 0 Å². The predicted octanol–water partition coefficient (Wildman–Crippen LogP) is 3.38. The zero-order chi connectivity index (χ0) is 13.0. The van der Waals surface area contributed by atoms with E-state index in [0.717, 1.165) is 0 Å². The second kappa shape index (κ2) is 6.44. The molecule has 3 nitrogen and oxygen atoms in total. The molecular formula is C10H9ClF2INO2. The molecule has 0 bridgehead atoms. The average Bonchev–Trinajstić information content (AvgIpc) is 2.23. The van der Waals surface area contributed by atoms with Crippen LogP contribution in [0.3, 0.4) is 0 Å². The largest absolute Gasteiger partial charge is 0.466 e. The minimum absolute atomic E-state index is 0.0253. The Kier molecular flexibility index (Phi) is 5.51. The third-order valence-corrected chi connectivity index (χ3v) is 3.59. The molecule has 0 saturated heterocycles. The summed E-state index contributed by atoms with van der Waals surface area (Å²) in [4.78, 5) is 15.1. The van der Waals surface area contributed by atoms with E-state index >= 15 is 0 Å². The Morgan fingerprint density at radius 1 is 1.65 bits per heavy atom. The summed E-state index contributed by atoms with van der Waals surface area (Å²) in [7, 11) is 0. The van der Waals surface area contributed by atoms with Crippen molar-refractivity contribution in [2.45, 2.75) is 19.8 Å². The molecule has 0 aliphatic heterocycles. The number of ether oxygens (including phenoxy) is 1. The van der Waals surface area contributed by atoms with Gasteiger partial charge in [-0.2, -0.15) is 0 Å². The summed E-state index contributed by atoms with van der Waals surface area (Å²) in [5.74, 6) is -0.516. The molecule has 7 heteroatoms. The van der Waals surface area contributed by atoms with Crippen LogP contribution in [0.2, 0.25) is 5.15 Å². The van der Waals surface area contributed by atoms with E-state index in [1.165, 1.54) is 6.07 Å². The molecule has 17 heavy (non-hydrogen) atoms. The van der Waals surface area contributed by atoms with Crippen LogP contribution in [0.25, 0.3) is 0 Å². The lowest BCUT2D eigenvalue weighted by Crippen LogP contribution is -2.10. The van der Waals surface area contributed by atoms with E-state index in [-0.39, 0.29) is 33.0 Å². The molecule has 0 aliphatic rings. The van der Waals surface area contributed by atoms with Crippen LogP contribution >= 0.6 is 34.2 Å². The summed E-state index contributed by atoms with van der Waals surface area (Å²) in [5.41, 5.74) is -0.0333. The summed E-state index contributed by atoms with van der Waals surface area (Å²) in [6.45, 7) is 1.90. The number of hydrogen-bond donors (Lipinski definition) is 0. The standard InChI is InChI=1S/C10H9ClF2INO2/c1-2-17-7(16)4-5-3-6(10(12)13)8(14)9(11)15-5/h3,10H,2,4H2,1H3. The van der Waals surface area contributed by atoms with Crippen molar-refractivity contribution < 1.29 is 18.3 Å². The van der Waals surface area contributed by atoms with Gasteiger partial charge in [-0.3, -0.25) is 4.79 Å². The van der Waals surface area contributed by atoms with Gasteiger partial charge in [0.25, 0.3) is 6.43 Å². The summed E-state index contributed by atoms with van der Waals surface area (Å²) < 4.78 is 30.2. The molecule has 0 aliphatic carbocycles. The van der Waals surface area contributed by atoms with Crippen LogP contribution in [0.15, 0.2) is 6.07 Å². The Morgan fingerprint density at radius 3 is 2.82 bits per heavy atom. The highest BCUT2D eigenvalue weighted by molar-refractivity contribution is 14.1. The zero-order valence-electron chi connectivity index (χ0n) is 8.84. The second-order valence-corrected chi connectivity index (χ2v) is 4.53. The van der Waals surface area contributed by atoms with Crippen LogP contribution < -0.4 is 0 Å². The van der Waals surface area contributed by atoms with Gasteiger partial charge in [-0.1, -0.05) is 11.6 Å². The molecule has 0 fully saturated rings. The predicted molar refractivity (Wildman–Crippen MR) is 67.3 cm³/mol. The molecule has 0 saturated carbocycles. The normalized spacial score (nSPS) is 10.7. The maximum Gasteiger partial charge on any atom is 0.311 e. The SMILES string of the molecule is CCOC(=O)Cc1cc(C(F)F)c(I)c(Cl)n1. The third-order valence-electron chi connectivity index (χ3n) is 1.86. The summed E-state index contributed by atoms with van der Waals surface area (Å²) >= 11 is 7.42. The van der Waals surface area contributed by atoms with Crippen LogP contribution in [-0.4, -0.2) is 17.6 Å². The van der Waals surface area contributed by atoms with Crippen molar-refractivity contribution in [3.05, 3.63) is 26.0 Å². The fourth-order valence-electron chi connectivity index (χ4n) is 1.18. The molecule has 0 amide bonds. The van der Waals surface area contributed by atoms with Gasteiger partial charge in [0.05, 0.1) is 22.3 Å². The Balaban J connectivity index is 2.98. The summed E-state index contributed by atoms with van der Waals surface area (Å²) in [5, 5.41) is -0.0253. The minimum atomic E-state index is -2.65. The Bertz CT molecular complexity index is 429. The first-order valence-electron chi connectivity index (χ1n) is 4.74. The molecular weight excluding hydrogens is 366 g/mol. The highest BCUT2D eigenvalue weighted by Gasteiger charge is 2.18. The van der Waals surface area contributed by atoms with Crippen molar-refractivity contribution in [1.82, 2.24) is 4.98 Å². The number of pyridine rings is 1. The number of carbonyl (C=O) groups excluding carboxylic acids is 1. The van der Waals surface area contributed by atoms with Crippen molar-refractivity contribution in [1.29, 1.82) is 0 Å². The molecule has 0 spiro atoms. The fourth-order valence-corrected chi connectivity index (χ4v) is 1.91. The monoisotopic (exact) mass is 375 g/mol. The van der Waals surface area contributed by atoms with Gasteiger partial charge in [-0.15, -0.1) is 0 Å². The maximum absolute atomic E-state index is 12.7. The topological polar surface area (TPSA) is 39.2 Å². The average molecular weight is 376 g/mol. The van der Waals surface area contributed by atoms with Gasteiger partial charge in [-0.05, 0) is 35.6 Å². The maximum atomic E-state index is 12.7. The number of halogens is 4. The molecule has 1 heterocycles. The van der Waals surface area contributed by atoms with E-state index in [0.29, 0.717) is 0 Å². The quantitative estimate of drug-likeness (QED) is 0.460. The van der Waals surface area contributed by atoms with Crippen LogP contribution in [0, 0.1) is 3.57 Å². The smallest absolute Gasteiger partial charge is 0.311 e. The highest BCUT2D eigenvalue weighted by Crippen LogP contribution is 2.29.